The minimum atomic E-state index is 0.0552. The molecule has 0 aliphatic carbocycles. The number of hydrogen-bond acceptors (Lipinski definition) is 3. The van der Waals surface area contributed by atoms with Gasteiger partial charge in [-0.1, -0.05) is 30.3 Å². The molecule has 3 nitrogen and oxygen atoms in total. The Hall–Kier alpha value is -0.900. The summed E-state index contributed by atoms with van der Waals surface area (Å²) in [5.41, 5.74) is 1.29. The molecule has 3 heteroatoms. The first kappa shape index (κ1) is 12.2. The first-order valence-electron chi connectivity index (χ1n) is 6.87. The minimum Gasteiger partial charge on any atom is -0.371 e. The molecule has 2 atom stereocenters. The van der Waals surface area contributed by atoms with E-state index < -0.39 is 0 Å². The summed E-state index contributed by atoms with van der Waals surface area (Å²) >= 11 is 0. The maximum Gasteiger partial charge on any atom is 0.0841 e. The molecule has 98 valence electrons. The van der Waals surface area contributed by atoms with E-state index in [0.29, 0.717) is 6.61 Å². The number of piperidine rings is 1. The second kappa shape index (κ2) is 5.39. The highest BCUT2D eigenvalue weighted by Gasteiger charge is 2.41. The van der Waals surface area contributed by atoms with Gasteiger partial charge in [-0.05, 0) is 24.9 Å². The van der Waals surface area contributed by atoms with Gasteiger partial charge >= 0.3 is 0 Å². The SMILES string of the molecule is c1ccc(COC2COC3(CCCNC3)C2)cc1. The molecule has 0 bridgehead atoms. The zero-order valence-corrected chi connectivity index (χ0v) is 10.7. The van der Waals surface area contributed by atoms with Crippen LogP contribution in [0.4, 0.5) is 0 Å². The topological polar surface area (TPSA) is 30.5 Å². The van der Waals surface area contributed by atoms with Crippen LogP contribution in [0.3, 0.4) is 0 Å². The molecule has 1 spiro atoms. The third-order valence-corrected chi connectivity index (χ3v) is 3.94. The average Bonchev–Trinajstić information content (AvgIpc) is 2.82. The Kier molecular flexibility index (Phi) is 3.64. The second-order valence-electron chi connectivity index (χ2n) is 5.40. The van der Waals surface area contributed by atoms with Gasteiger partial charge in [0.1, 0.15) is 0 Å². The van der Waals surface area contributed by atoms with Crippen molar-refractivity contribution in [2.75, 3.05) is 19.7 Å². The summed E-state index contributed by atoms with van der Waals surface area (Å²) in [4.78, 5) is 0. The van der Waals surface area contributed by atoms with E-state index in [1.807, 2.05) is 6.07 Å². The van der Waals surface area contributed by atoms with Gasteiger partial charge in [0.25, 0.3) is 0 Å². The van der Waals surface area contributed by atoms with Crippen molar-refractivity contribution in [1.82, 2.24) is 5.32 Å². The molecule has 2 unspecified atom stereocenters. The summed E-state index contributed by atoms with van der Waals surface area (Å²) in [5, 5.41) is 3.43. The van der Waals surface area contributed by atoms with E-state index in [1.165, 1.54) is 18.4 Å². The van der Waals surface area contributed by atoms with E-state index in [4.69, 9.17) is 9.47 Å². The largest absolute Gasteiger partial charge is 0.371 e. The van der Waals surface area contributed by atoms with Crippen molar-refractivity contribution < 1.29 is 9.47 Å². The number of nitrogens with one attached hydrogen (secondary N) is 1. The number of rotatable bonds is 3. The smallest absolute Gasteiger partial charge is 0.0841 e. The van der Waals surface area contributed by atoms with E-state index in [1.54, 1.807) is 0 Å². The lowest BCUT2D eigenvalue weighted by molar-refractivity contribution is -0.0195. The maximum atomic E-state index is 5.99. The summed E-state index contributed by atoms with van der Waals surface area (Å²) in [6.07, 6.45) is 3.67. The van der Waals surface area contributed by atoms with Crippen LogP contribution >= 0.6 is 0 Å². The zero-order valence-electron chi connectivity index (χ0n) is 10.7. The molecular formula is C15H21NO2. The van der Waals surface area contributed by atoms with Crippen LogP contribution < -0.4 is 5.32 Å². The fourth-order valence-electron chi connectivity index (χ4n) is 2.94. The van der Waals surface area contributed by atoms with Gasteiger partial charge < -0.3 is 14.8 Å². The molecule has 18 heavy (non-hydrogen) atoms. The van der Waals surface area contributed by atoms with Crippen LogP contribution in [0.1, 0.15) is 24.8 Å². The molecule has 2 fully saturated rings. The third-order valence-electron chi connectivity index (χ3n) is 3.94. The molecule has 1 aromatic carbocycles. The fourth-order valence-corrected chi connectivity index (χ4v) is 2.94. The Morgan fingerprint density at radius 3 is 3.00 bits per heavy atom. The van der Waals surface area contributed by atoms with Gasteiger partial charge in [0.05, 0.1) is 24.9 Å². The van der Waals surface area contributed by atoms with Gasteiger partial charge in [-0.3, -0.25) is 0 Å². The molecule has 2 heterocycles. The van der Waals surface area contributed by atoms with Crippen molar-refractivity contribution in [2.45, 2.75) is 37.6 Å². The second-order valence-corrected chi connectivity index (χ2v) is 5.40. The van der Waals surface area contributed by atoms with Gasteiger partial charge in [-0.25, -0.2) is 0 Å². The normalized spacial score (nSPS) is 31.9. The van der Waals surface area contributed by atoms with E-state index in [9.17, 15) is 0 Å². The first-order valence-corrected chi connectivity index (χ1v) is 6.87. The summed E-state index contributed by atoms with van der Waals surface area (Å²) < 4.78 is 12.0. The predicted molar refractivity (Wildman–Crippen MR) is 70.4 cm³/mol. The standard InChI is InChI=1S/C15H21NO2/c1-2-5-13(6-3-1)10-17-14-9-15(18-11-14)7-4-8-16-12-15/h1-3,5-6,14,16H,4,7-12H2. The average molecular weight is 247 g/mol. The Bertz CT molecular complexity index is 373. The molecule has 2 aliphatic rings. The molecule has 2 saturated heterocycles. The molecule has 0 radical (unpaired) electrons. The van der Waals surface area contributed by atoms with Crippen LogP contribution in [0, 0.1) is 0 Å². The summed E-state index contributed by atoms with van der Waals surface area (Å²) in [6.45, 7) is 3.55. The van der Waals surface area contributed by atoms with Crippen LogP contribution in [-0.4, -0.2) is 31.4 Å². The van der Waals surface area contributed by atoms with E-state index in [0.717, 1.165) is 26.1 Å². The monoisotopic (exact) mass is 247 g/mol. The quantitative estimate of drug-likeness (QED) is 0.887. The maximum absolute atomic E-state index is 5.99. The molecule has 1 N–H and O–H groups in total. The van der Waals surface area contributed by atoms with Crippen LogP contribution in [-0.2, 0) is 16.1 Å². The Balaban J connectivity index is 1.50. The first-order chi connectivity index (χ1) is 8.86. The Morgan fingerprint density at radius 1 is 1.33 bits per heavy atom. The lowest BCUT2D eigenvalue weighted by Crippen LogP contribution is -2.45. The Morgan fingerprint density at radius 2 is 2.22 bits per heavy atom. The van der Waals surface area contributed by atoms with Crippen molar-refractivity contribution in [3.63, 3.8) is 0 Å². The van der Waals surface area contributed by atoms with Crippen LogP contribution in [0.5, 0.6) is 0 Å². The van der Waals surface area contributed by atoms with Gasteiger partial charge in [-0.15, -0.1) is 0 Å². The highest BCUT2D eigenvalue weighted by Crippen LogP contribution is 2.33. The molecule has 3 rings (SSSR count). The lowest BCUT2D eigenvalue weighted by atomic mass is 9.90. The van der Waals surface area contributed by atoms with E-state index in [2.05, 4.69) is 29.6 Å². The van der Waals surface area contributed by atoms with E-state index >= 15 is 0 Å². The van der Waals surface area contributed by atoms with Crippen molar-refractivity contribution >= 4 is 0 Å². The van der Waals surface area contributed by atoms with Crippen LogP contribution in [0.15, 0.2) is 30.3 Å². The van der Waals surface area contributed by atoms with Gasteiger partial charge in [-0.2, -0.15) is 0 Å². The van der Waals surface area contributed by atoms with Gasteiger partial charge in [0.2, 0.25) is 0 Å². The number of hydrogen-bond donors (Lipinski definition) is 1. The Labute approximate surface area is 108 Å². The highest BCUT2D eigenvalue weighted by molar-refractivity contribution is 5.13. The molecular weight excluding hydrogens is 226 g/mol. The minimum absolute atomic E-state index is 0.0552. The van der Waals surface area contributed by atoms with Crippen molar-refractivity contribution in [3.05, 3.63) is 35.9 Å². The third kappa shape index (κ3) is 2.74. The van der Waals surface area contributed by atoms with Crippen LogP contribution in [0.25, 0.3) is 0 Å². The summed E-state index contributed by atoms with van der Waals surface area (Å²) in [6, 6.07) is 10.3. The predicted octanol–water partition coefficient (Wildman–Crippen LogP) is 2.11. The zero-order chi connectivity index (χ0) is 12.3. The molecule has 1 aromatic rings. The highest BCUT2D eigenvalue weighted by atomic mass is 16.6. The van der Waals surface area contributed by atoms with Crippen LogP contribution in [0.2, 0.25) is 0 Å². The fraction of sp³-hybridized carbons (Fsp3) is 0.600. The van der Waals surface area contributed by atoms with Crippen molar-refractivity contribution in [3.8, 4) is 0 Å². The summed E-state index contributed by atoms with van der Waals surface area (Å²) in [7, 11) is 0. The van der Waals surface area contributed by atoms with Crippen molar-refractivity contribution in [1.29, 1.82) is 0 Å². The lowest BCUT2D eigenvalue weighted by Gasteiger charge is -2.32. The molecule has 2 aliphatic heterocycles. The molecule has 0 aromatic heterocycles. The molecule has 0 amide bonds. The van der Waals surface area contributed by atoms with Gasteiger partial charge in [0.15, 0.2) is 0 Å². The molecule has 0 saturated carbocycles. The van der Waals surface area contributed by atoms with E-state index in [-0.39, 0.29) is 11.7 Å². The van der Waals surface area contributed by atoms with Crippen molar-refractivity contribution in [2.24, 2.45) is 0 Å². The number of benzene rings is 1. The summed E-state index contributed by atoms with van der Waals surface area (Å²) in [5.74, 6) is 0. The number of ether oxygens (including phenoxy) is 2. The van der Waals surface area contributed by atoms with Gasteiger partial charge in [0, 0.05) is 13.0 Å².